The monoisotopic (exact) mass is 364 g/mol. The number of nitriles is 1. The molecule has 2 aromatic rings. The second-order valence-corrected chi connectivity index (χ2v) is 6.14. The second-order valence-electron chi connectivity index (χ2n) is 6.14. The Balaban J connectivity index is 1.55. The molecule has 2 amide bonds. The summed E-state index contributed by atoms with van der Waals surface area (Å²) in [6.07, 6.45) is 0. The van der Waals surface area contributed by atoms with E-state index in [1.165, 1.54) is 7.11 Å². The highest BCUT2D eigenvalue weighted by molar-refractivity contribution is 5.92. The zero-order chi connectivity index (χ0) is 19.2. The lowest BCUT2D eigenvalue weighted by Crippen LogP contribution is -2.50. The number of ether oxygens (including phenoxy) is 1. The molecule has 1 aliphatic heterocycles. The van der Waals surface area contributed by atoms with Crippen molar-refractivity contribution >= 4 is 23.4 Å². The van der Waals surface area contributed by atoms with Gasteiger partial charge < -0.3 is 19.9 Å². The predicted octanol–water partition coefficient (Wildman–Crippen LogP) is 2.70. The van der Waals surface area contributed by atoms with Gasteiger partial charge in [-0.1, -0.05) is 6.07 Å². The SMILES string of the molecule is COC(=O)c1ccc(NC(=O)N2CCN(c3cccc(C#N)c3)CC2)cc1. The number of nitrogens with one attached hydrogen (secondary N) is 1. The van der Waals surface area contributed by atoms with Crippen LogP contribution in [0.15, 0.2) is 48.5 Å². The van der Waals surface area contributed by atoms with Gasteiger partial charge in [-0.25, -0.2) is 9.59 Å². The number of piperazine rings is 1. The average molecular weight is 364 g/mol. The molecule has 138 valence electrons. The highest BCUT2D eigenvalue weighted by atomic mass is 16.5. The van der Waals surface area contributed by atoms with Crippen molar-refractivity contribution in [3.05, 3.63) is 59.7 Å². The molecule has 1 N–H and O–H groups in total. The summed E-state index contributed by atoms with van der Waals surface area (Å²) in [5.41, 5.74) is 2.68. The minimum absolute atomic E-state index is 0.175. The van der Waals surface area contributed by atoms with Crippen molar-refractivity contribution in [1.82, 2.24) is 4.90 Å². The van der Waals surface area contributed by atoms with Crippen LogP contribution in [0.25, 0.3) is 0 Å². The molecule has 3 rings (SSSR count). The van der Waals surface area contributed by atoms with Crippen LogP contribution < -0.4 is 10.2 Å². The molecule has 0 aliphatic carbocycles. The minimum Gasteiger partial charge on any atom is -0.465 e. The molecule has 1 fully saturated rings. The second kappa shape index (κ2) is 8.23. The number of urea groups is 1. The first-order chi connectivity index (χ1) is 13.1. The zero-order valence-corrected chi connectivity index (χ0v) is 15.0. The van der Waals surface area contributed by atoms with E-state index in [2.05, 4.69) is 21.0 Å². The van der Waals surface area contributed by atoms with Gasteiger partial charge >= 0.3 is 12.0 Å². The van der Waals surface area contributed by atoms with Crippen LogP contribution in [0.5, 0.6) is 0 Å². The van der Waals surface area contributed by atoms with Gasteiger partial charge in [0, 0.05) is 37.6 Å². The fraction of sp³-hybridized carbons (Fsp3) is 0.250. The van der Waals surface area contributed by atoms with Crippen LogP contribution in [-0.2, 0) is 4.74 Å². The number of hydrogen-bond acceptors (Lipinski definition) is 5. The normalized spacial score (nSPS) is 13.6. The number of carbonyl (C=O) groups excluding carboxylic acids is 2. The summed E-state index contributed by atoms with van der Waals surface area (Å²) in [5, 5.41) is 11.9. The third kappa shape index (κ3) is 4.36. The highest BCUT2D eigenvalue weighted by Gasteiger charge is 2.21. The van der Waals surface area contributed by atoms with Crippen LogP contribution in [0, 0.1) is 11.3 Å². The highest BCUT2D eigenvalue weighted by Crippen LogP contribution is 2.18. The number of anilines is 2. The van der Waals surface area contributed by atoms with Gasteiger partial charge in [0.2, 0.25) is 0 Å². The quantitative estimate of drug-likeness (QED) is 0.847. The van der Waals surface area contributed by atoms with Crippen LogP contribution in [0.1, 0.15) is 15.9 Å². The Morgan fingerprint density at radius 1 is 1.07 bits per heavy atom. The lowest BCUT2D eigenvalue weighted by atomic mass is 10.2. The average Bonchev–Trinajstić information content (AvgIpc) is 2.74. The topological polar surface area (TPSA) is 85.7 Å². The molecule has 0 unspecified atom stereocenters. The van der Waals surface area contributed by atoms with Gasteiger partial charge in [0.15, 0.2) is 0 Å². The predicted molar refractivity (Wildman–Crippen MR) is 102 cm³/mol. The Labute approximate surface area is 157 Å². The van der Waals surface area contributed by atoms with E-state index >= 15 is 0 Å². The van der Waals surface area contributed by atoms with E-state index in [1.54, 1.807) is 35.2 Å². The minimum atomic E-state index is -0.413. The Morgan fingerprint density at radius 2 is 1.78 bits per heavy atom. The van der Waals surface area contributed by atoms with Gasteiger partial charge in [-0.2, -0.15) is 5.26 Å². The summed E-state index contributed by atoms with van der Waals surface area (Å²) in [5.74, 6) is -0.413. The molecule has 0 radical (unpaired) electrons. The van der Waals surface area contributed by atoms with Crippen LogP contribution in [0.2, 0.25) is 0 Å². The maximum atomic E-state index is 12.4. The Hall–Kier alpha value is -3.53. The summed E-state index contributed by atoms with van der Waals surface area (Å²) in [7, 11) is 1.33. The molecule has 7 heteroatoms. The van der Waals surface area contributed by atoms with Crippen molar-refractivity contribution in [1.29, 1.82) is 5.26 Å². The summed E-state index contributed by atoms with van der Waals surface area (Å²) < 4.78 is 4.66. The van der Waals surface area contributed by atoms with Gasteiger partial charge in [0.05, 0.1) is 24.3 Å². The van der Waals surface area contributed by atoms with Crippen LogP contribution >= 0.6 is 0 Å². The molecule has 0 atom stereocenters. The maximum absolute atomic E-state index is 12.4. The van der Waals surface area contributed by atoms with Crippen molar-refractivity contribution < 1.29 is 14.3 Å². The first-order valence-corrected chi connectivity index (χ1v) is 8.60. The maximum Gasteiger partial charge on any atom is 0.337 e. The van der Waals surface area contributed by atoms with Gasteiger partial charge in [-0.05, 0) is 42.5 Å². The van der Waals surface area contributed by atoms with Crippen molar-refractivity contribution in [2.24, 2.45) is 0 Å². The van der Waals surface area contributed by atoms with E-state index in [9.17, 15) is 9.59 Å². The smallest absolute Gasteiger partial charge is 0.337 e. The molecular formula is C20H20N4O3. The largest absolute Gasteiger partial charge is 0.465 e. The molecule has 7 nitrogen and oxygen atoms in total. The van der Waals surface area contributed by atoms with Gasteiger partial charge in [-0.15, -0.1) is 0 Å². The van der Waals surface area contributed by atoms with E-state index in [0.29, 0.717) is 43.0 Å². The van der Waals surface area contributed by atoms with Gasteiger partial charge in [0.1, 0.15) is 0 Å². The number of hydrogen-bond donors (Lipinski definition) is 1. The fourth-order valence-corrected chi connectivity index (χ4v) is 2.95. The number of esters is 1. The molecule has 0 aromatic heterocycles. The Kier molecular flexibility index (Phi) is 5.57. The number of nitrogens with zero attached hydrogens (tertiary/aromatic N) is 3. The molecule has 0 saturated carbocycles. The summed E-state index contributed by atoms with van der Waals surface area (Å²) in [6.45, 7) is 2.57. The standard InChI is InChI=1S/C20H20N4O3/c1-27-19(25)16-5-7-17(8-6-16)22-20(26)24-11-9-23(10-12-24)18-4-2-3-15(13-18)14-21/h2-8,13H,9-12H2,1H3,(H,22,26). The number of amides is 2. The molecular weight excluding hydrogens is 344 g/mol. The van der Waals surface area contributed by atoms with Crippen molar-refractivity contribution in [2.75, 3.05) is 43.5 Å². The fourth-order valence-electron chi connectivity index (χ4n) is 2.95. The summed E-state index contributed by atoms with van der Waals surface area (Å²) in [6, 6.07) is 16.0. The summed E-state index contributed by atoms with van der Waals surface area (Å²) >= 11 is 0. The zero-order valence-electron chi connectivity index (χ0n) is 15.0. The lowest BCUT2D eigenvalue weighted by molar-refractivity contribution is 0.0600. The van der Waals surface area contributed by atoms with E-state index in [1.807, 2.05) is 18.2 Å². The molecule has 27 heavy (non-hydrogen) atoms. The third-order valence-electron chi connectivity index (χ3n) is 4.46. The first-order valence-electron chi connectivity index (χ1n) is 8.60. The van der Waals surface area contributed by atoms with Crippen LogP contribution in [-0.4, -0.2) is 50.2 Å². The van der Waals surface area contributed by atoms with E-state index in [-0.39, 0.29) is 6.03 Å². The molecule has 1 aliphatic rings. The van der Waals surface area contributed by atoms with E-state index < -0.39 is 5.97 Å². The number of rotatable bonds is 3. The number of carbonyl (C=O) groups is 2. The van der Waals surface area contributed by atoms with Crippen molar-refractivity contribution in [3.63, 3.8) is 0 Å². The third-order valence-corrected chi connectivity index (χ3v) is 4.46. The lowest BCUT2D eigenvalue weighted by Gasteiger charge is -2.36. The van der Waals surface area contributed by atoms with Crippen LogP contribution in [0.4, 0.5) is 16.2 Å². The van der Waals surface area contributed by atoms with E-state index in [4.69, 9.17) is 5.26 Å². The number of methoxy groups -OCH3 is 1. The first kappa shape index (κ1) is 18.3. The summed E-state index contributed by atoms with van der Waals surface area (Å²) in [4.78, 5) is 27.8. The van der Waals surface area contributed by atoms with Crippen molar-refractivity contribution in [2.45, 2.75) is 0 Å². The molecule has 1 saturated heterocycles. The van der Waals surface area contributed by atoms with Crippen molar-refractivity contribution in [3.8, 4) is 6.07 Å². The van der Waals surface area contributed by atoms with Crippen LogP contribution in [0.3, 0.4) is 0 Å². The Morgan fingerprint density at radius 3 is 2.41 bits per heavy atom. The molecule has 1 heterocycles. The van der Waals surface area contributed by atoms with Gasteiger partial charge in [0.25, 0.3) is 0 Å². The molecule has 0 bridgehead atoms. The van der Waals surface area contributed by atoms with Gasteiger partial charge in [-0.3, -0.25) is 0 Å². The van der Waals surface area contributed by atoms with E-state index in [0.717, 1.165) is 5.69 Å². The molecule has 2 aromatic carbocycles. The number of benzene rings is 2. The Bertz CT molecular complexity index is 866. The molecule has 0 spiro atoms.